The average molecular weight is 394 g/mol. The molecule has 2 aromatic rings. The fourth-order valence-corrected chi connectivity index (χ4v) is 2.86. The summed E-state index contributed by atoms with van der Waals surface area (Å²) in [5.74, 6) is 0.687. The number of ketones is 1. The summed E-state index contributed by atoms with van der Waals surface area (Å²) >= 11 is 12.0. The molecule has 0 saturated heterocycles. The number of hydrogen-bond donors (Lipinski definition) is 1. The maximum atomic E-state index is 11.8. The second-order valence-corrected chi connectivity index (χ2v) is 6.71. The maximum absolute atomic E-state index is 11.8. The summed E-state index contributed by atoms with van der Waals surface area (Å²) in [4.78, 5) is 23.0. The van der Waals surface area contributed by atoms with E-state index in [0.29, 0.717) is 53.8 Å². The van der Waals surface area contributed by atoms with E-state index in [-0.39, 0.29) is 11.7 Å². The Kier molecular flexibility index (Phi) is 7.95. The van der Waals surface area contributed by atoms with Crippen molar-refractivity contribution in [2.45, 2.75) is 26.2 Å². The zero-order chi connectivity index (χ0) is 18.9. The van der Waals surface area contributed by atoms with Crippen LogP contribution in [0.2, 0.25) is 10.0 Å². The van der Waals surface area contributed by atoms with Crippen molar-refractivity contribution < 1.29 is 14.3 Å². The molecule has 138 valence electrons. The van der Waals surface area contributed by atoms with Gasteiger partial charge in [0.05, 0.1) is 6.61 Å². The summed E-state index contributed by atoms with van der Waals surface area (Å²) in [6.07, 6.45) is 1.66. The van der Waals surface area contributed by atoms with Crippen molar-refractivity contribution in [1.82, 2.24) is 5.32 Å². The minimum Gasteiger partial charge on any atom is -0.494 e. The zero-order valence-corrected chi connectivity index (χ0v) is 16.1. The van der Waals surface area contributed by atoms with Crippen LogP contribution in [0.5, 0.6) is 5.75 Å². The van der Waals surface area contributed by atoms with Gasteiger partial charge in [-0.3, -0.25) is 9.59 Å². The lowest BCUT2D eigenvalue weighted by atomic mass is 10.1. The molecule has 0 spiro atoms. The average Bonchev–Trinajstić information content (AvgIpc) is 2.61. The van der Waals surface area contributed by atoms with Gasteiger partial charge in [0.2, 0.25) is 5.91 Å². The Bertz CT molecular complexity index is 760. The number of amides is 1. The Hall–Kier alpha value is -2.04. The molecular formula is C20H21Cl2NO3. The number of ether oxygens (including phenoxy) is 1. The van der Waals surface area contributed by atoms with Crippen LogP contribution >= 0.6 is 23.2 Å². The van der Waals surface area contributed by atoms with E-state index >= 15 is 0 Å². The summed E-state index contributed by atoms with van der Waals surface area (Å²) < 4.78 is 5.57. The molecule has 0 aliphatic carbocycles. The fraction of sp³-hybridized carbons (Fsp3) is 0.300. The van der Waals surface area contributed by atoms with Crippen molar-refractivity contribution in [2.24, 2.45) is 0 Å². The van der Waals surface area contributed by atoms with Gasteiger partial charge in [-0.2, -0.15) is 0 Å². The van der Waals surface area contributed by atoms with Crippen LogP contribution in [0.4, 0.5) is 0 Å². The van der Waals surface area contributed by atoms with Crippen LogP contribution in [0.15, 0.2) is 42.5 Å². The molecule has 26 heavy (non-hydrogen) atoms. The lowest BCUT2D eigenvalue weighted by molar-refractivity contribution is -0.121. The molecule has 0 fully saturated rings. The van der Waals surface area contributed by atoms with Crippen molar-refractivity contribution in [3.05, 3.63) is 63.6 Å². The van der Waals surface area contributed by atoms with E-state index in [4.69, 9.17) is 27.9 Å². The summed E-state index contributed by atoms with van der Waals surface area (Å²) in [5.41, 5.74) is 1.60. The normalized spacial score (nSPS) is 10.4. The molecule has 0 radical (unpaired) electrons. The van der Waals surface area contributed by atoms with Crippen LogP contribution in [-0.2, 0) is 11.2 Å². The highest BCUT2D eigenvalue weighted by Crippen LogP contribution is 2.21. The first-order chi connectivity index (χ1) is 12.5. The molecule has 2 aromatic carbocycles. The van der Waals surface area contributed by atoms with Crippen LogP contribution in [0.3, 0.4) is 0 Å². The summed E-state index contributed by atoms with van der Waals surface area (Å²) in [7, 11) is 0. The highest BCUT2D eigenvalue weighted by molar-refractivity contribution is 6.35. The second kappa shape index (κ2) is 10.2. The lowest BCUT2D eigenvalue weighted by Gasteiger charge is -2.08. The van der Waals surface area contributed by atoms with Gasteiger partial charge < -0.3 is 10.1 Å². The molecule has 0 bridgehead atoms. The Morgan fingerprint density at radius 3 is 2.46 bits per heavy atom. The number of benzene rings is 2. The number of nitrogens with one attached hydrogen (secondary N) is 1. The van der Waals surface area contributed by atoms with E-state index in [1.54, 1.807) is 36.4 Å². The first-order valence-electron chi connectivity index (χ1n) is 8.40. The molecule has 4 nitrogen and oxygen atoms in total. The zero-order valence-electron chi connectivity index (χ0n) is 14.6. The van der Waals surface area contributed by atoms with Gasteiger partial charge in [0, 0.05) is 28.6 Å². The van der Waals surface area contributed by atoms with Gasteiger partial charge in [-0.05, 0) is 61.7 Å². The number of halogens is 2. The van der Waals surface area contributed by atoms with E-state index in [2.05, 4.69) is 5.32 Å². The molecule has 0 aromatic heterocycles. The van der Waals surface area contributed by atoms with Gasteiger partial charge in [0.1, 0.15) is 5.75 Å². The molecular weight excluding hydrogens is 373 g/mol. The van der Waals surface area contributed by atoms with Crippen molar-refractivity contribution in [1.29, 1.82) is 0 Å². The summed E-state index contributed by atoms with van der Waals surface area (Å²) in [6, 6.07) is 12.3. The third-order valence-electron chi connectivity index (χ3n) is 3.81. The molecule has 1 amide bonds. The van der Waals surface area contributed by atoms with E-state index in [9.17, 15) is 9.59 Å². The summed E-state index contributed by atoms with van der Waals surface area (Å²) in [5, 5.41) is 4.07. The van der Waals surface area contributed by atoms with E-state index < -0.39 is 0 Å². The molecule has 0 unspecified atom stereocenters. The number of hydrogen-bond acceptors (Lipinski definition) is 3. The van der Waals surface area contributed by atoms with Gasteiger partial charge >= 0.3 is 0 Å². The van der Waals surface area contributed by atoms with Crippen LogP contribution in [0.1, 0.15) is 35.7 Å². The number of carbonyl (C=O) groups excluding carboxylic acids is 2. The van der Waals surface area contributed by atoms with Gasteiger partial charge in [0.15, 0.2) is 5.78 Å². The van der Waals surface area contributed by atoms with E-state index in [1.165, 1.54) is 6.92 Å². The molecule has 6 heteroatoms. The van der Waals surface area contributed by atoms with Crippen LogP contribution in [0.25, 0.3) is 0 Å². The van der Waals surface area contributed by atoms with Crippen molar-refractivity contribution in [2.75, 3.05) is 13.2 Å². The first kappa shape index (κ1) is 20.3. The standard InChI is InChI=1S/C20H21Cl2NO3/c1-14(24)15-5-8-18(9-6-15)26-12-2-3-20(25)23-11-10-16-4-7-17(21)13-19(16)22/h4-9,13H,2-3,10-12H2,1H3,(H,23,25). The minimum absolute atomic E-state index is 0.0214. The Balaban J connectivity index is 1.62. The molecule has 0 aliphatic rings. The predicted octanol–water partition coefficient (Wildman–Crippen LogP) is 4.71. The number of carbonyl (C=O) groups is 2. The minimum atomic E-state index is -0.0226. The fourth-order valence-electron chi connectivity index (χ4n) is 2.36. The van der Waals surface area contributed by atoms with Gasteiger partial charge in [-0.25, -0.2) is 0 Å². The highest BCUT2D eigenvalue weighted by Gasteiger charge is 2.05. The monoisotopic (exact) mass is 393 g/mol. The largest absolute Gasteiger partial charge is 0.494 e. The van der Waals surface area contributed by atoms with Crippen LogP contribution < -0.4 is 10.1 Å². The van der Waals surface area contributed by atoms with Crippen molar-refractivity contribution >= 4 is 34.9 Å². The number of Topliss-reactive ketones (excluding diaryl/α,β-unsaturated/α-hetero) is 1. The maximum Gasteiger partial charge on any atom is 0.220 e. The third kappa shape index (κ3) is 6.70. The van der Waals surface area contributed by atoms with Crippen LogP contribution in [0, 0.1) is 0 Å². The van der Waals surface area contributed by atoms with Gasteiger partial charge in [-0.1, -0.05) is 29.3 Å². The predicted molar refractivity (Wildman–Crippen MR) is 104 cm³/mol. The smallest absolute Gasteiger partial charge is 0.220 e. The quantitative estimate of drug-likeness (QED) is 0.495. The lowest BCUT2D eigenvalue weighted by Crippen LogP contribution is -2.25. The molecule has 0 aliphatic heterocycles. The van der Waals surface area contributed by atoms with E-state index in [1.807, 2.05) is 6.07 Å². The van der Waals surface area contributed by atoms with Crippen molar-refractivity contribution in [3.8, 4) is 5.75 Å². The molecule has 0 heterocycles. The molecule has 0 saturated carbocycles. The third-order valence-corrected chi connectivity index (χ3v) is 4.40. The van der Waals surface area contributed by atoms with Gasteiger partial charge in [-0.15, -0.1) is 0 Å². The van der Waals surface area contributed by atoms with Crippen LogP contribution in [-0.4, -0.2) is 24.8 Å². The molecule has 2 rings (SSSR count). The Morgan fingerprint density at radius 1 is 1.08 bits per heavy atom. The van der Waals surface area contributed by atoms with Gasteiger partial charge in [0.25, 0.3) is 0 Å². The first-order valence-corrected chi connectivity index (χ1v) is 9.16. The number of rotatable bonds is 9. The molecule has 1 N–H and O–H groups in total. The topological polar surface area (TPSA) is 55.4 Å². The second-order valence-electron chi connectivity index (χ2n) is 5.87. The SMILES string of the molecule is CC(=O)c1ccc(OCCCC(=O)NCCc2ccc(Cl)cc2Cl)cc1. The molecule has 0 atom stereocenters. The summed E-state index contributed by atoms with van der Waals surface area (Å²) in [6.45, 7) is 2.48. The Labute approximate surface area is 163 Å². The highest BCUT2D eigenvalue weighted by atomic mass is 35.5. The van der Waals surface area contributed by atoms with Crippen molar-refractivity contribution in [3.63, 3.8) is 0 Å². The Morgan fingerprint density at radius 2 is 1.81 bits per heavy atom. The van der Waals surface area contributed by atoms with E-state index in [0.717, 1.165) is 5.56 Å².